The van der Waals surface area contributed by atoms with Crippen LogP contribution in [0.1, 0.15) is 27.7 Å². The number of ether oxygens (including phenoxy) is 2. The minimum Gasteiger partial charge on any atom is -0.457 e. The van der Waals surface area contributed by atoms with Gasteiger partial charge >= 0.3 is 5.97 Å². The quantitative estimate of drug-likeness (QED) is 0.530. The second-order valence-electron chi connectivity index (χ2n) is 4.92. The SMILES string of the molecule is C/C(=C/C(=O)OC(C)(C)C)N1CCOCC1. The number of carbonyl (C=O) groups excluding carboxylic acids is 1. The predicted molar refractivity (Wildman–Crippen MR) is 62.0 cm³/mol. The van der Waals surface area contributed by atoms with E-state index >= 15 is 0 Å². The summed E-state index contributed by atoms with van der Waals surface area (Å²) in [4.78, 5) is 13.7. The van der Waals surface area contributed by atoms with Gasteiger partial charge in [-0.25, -0.2) is 4.79 Å². The summed E-state index contributed by atoms with van der Waals surface area (Å²) < 4.78 is 10.5. The molecule has 1 fully saturated rings. The van der Waals surface area contributed by atoms with Crippen molar-refractivity contribution >= 4 is 5.97 Å². The fourth-order valence-corrected chi connectivity index (χ4v) is 1.51. The van der Waals surface area contributed by atoms with Gasteiger partial charge in [-0.1, -0.05) is 0 Å². The van der Waals surface area contributed by atoms with Crippen molar-refractivity contribution in [3.8, 4) is 0 Å². The van der Waals surface area contributed by atoms with Crippen molar-refractivity contribution in [2.24, 2.45) is 0 Å². The molecule has 92 valence electrons. The maximum absolute atomic E-state index is 11.6. The van der Waals surface area contributed by atoms with Crippen LogP contribution in [0.3, 0.4) is 0 Å². The molecule has 4 heteroatoms. The minimum atomic E-state index is -0.432. The summed E-state index contributed by atoms with van der Waals surface area (Å²) in [5, 5.41) is 0. The van der Waals surface area contributed by atoms with Crippen molar-refractivity contribution in [2.45, 2.75) is 33.3 Å². The average Bonchev–Trinajstić information content (AvgIpc) is 2.16. The lowest BCUT2D eigenvalue weighted by molar-refractivity contribution is -0.148. The highest BCUT2D eigenvalue weighted by molar-refractivity contribution is 5.82. The first kappa shape index (κ1) is 13.0. The van der Waals surface area contributed by atoms with Gasteiger partial charge in [-0.3, -0.25) is 0 Å². The highest BCUT2D eigenvalue weighted by Crippen LogP contribution is 2.11. The molecule has 0 aromatic rings. The van der Waals surface area contributed by atoms with Crippen LogP contribution in [0.25, 0.3) is 0 Å². The topological polar surface area (TPSA) is 38.8 Å². The second-order valence-corrected chi connectivity index (χ2v) is 4.92. The minimum absolute atomic E-state index is 0.281. The van der Waals surface area contributed by atoms with E-state index in [-0.39, 0.29) is 5.97 Å². The summed E-state index contributed by atoms with van der Waals surface area (Å²) in [5.41, 5.74) is 0.511. The van der Waals surface area contributed by atoms with E-state index in [9.17, 15) is 4.79 Å². The molecule has 0 aromatic heterocycles. The van der Waals surface area contributed by atoms with Gasteiger partial charge in [0.05, 0.1) is 13.2 Å². The third-order valence-corrected chi connectivity index (χ3v) is 2.24. The Kier molecular flexibility index (Phi) is 4.35. The van der Waals surface area contributed by atoms with E-state index in [4.69, 9.17) is 9.47 Å². The van der Waals surface area contributed by atoms with Gasteiger partial charge in [0, 0.05) is 24.9 Å². The molecular formula is C12H21NO3. The third kappa shape index (κ3) is 4.66. The zero-order valence-electron chi connectivity index (χ0n) is 10.6. The van der Waals surface area contributed by atoms with Crippen LogP contribution in [0, 0.1) is 0 Å². The first-order valence-electron chi connectivity index (χ1n) is 5.62. The summed E-state index contributed by atoms with van der Waals surface area (Å²) in [6.07, 6.45) is 1.55. The van der Waals surface area contributed by atoms with Gasteiger partial charge in [0.2, 0.25) is 0 Å². The Hall–Kier alpha value is -1.03. The Morgan fingerprint density at radius 2 is 1.88 bits per heavy atom. The highest BCUT2D eigenvalue weighted by Gasteiger charge is 2.16. The van der Waals surface area contributed by atoms with Crippen LogP contribution >= 0.6 is 0 Å². The normalized spacial score (nSPS) is 18.5. The molecule has 0 amide bonds. The number of rotatable bonds is 2. The van der Waals surface area contributed by atoms with Crippen molar-refractivity contribution in [1.29, 1.82) is 0 Å². The van der Waals surface area contributed by atoms with E-state index in [2.05, 4.69) is 4.90 Å². The highest BCUT2D eigenvalue weighted by atomic mass is 16.6. The van der Waals surface area contributed by atoms with Crippen molar-refractivity contribution in [3.63, 3.8) is 0 Å². The maximum atomic E-state index is 11.6. The molecule has 1 aliphatic rings. The van der Waals surface area contributed by atoms with E-state index in [1.807, 2.05) is 27.7 Å². The zero-order chi connectivity index (χ0) is 12.2. The standard InChI is InChI=1S/C12H21NO3/c1-10(13-5-7-15-8-6-13)9-11(14)16-12(2,3)4/h9H,5-8H2,1-4H3/b10-9-. The van der Waals surface area contributed by atoms with Crippen LogP contribution in [-0.2, 0) is 14.3 Å². The summed E-state index contributed by atoms with van der Waals surface area (Å²) >= 11 is 0. The Bertz CT molecular complexity index is 272. The van der Waals surface area contributed by atoms with Gasteiger partial charge in [-0.2, -0.15) is 0 Å². The van der Waals surface area contributed by atoms with Crippen LogP contribution in [0.2, 0.25) is 0 Å². The van der Waals surface area contributed by atoms with Crippen LogP contribution < -0.4 is 0 Å². The molecule has 0 radical (unpaired) electrons. The van der Waals surface area contributed by atoms with Crippen LogP contribution in [0.5, 0.6) is 0 Å². The summed E-state index contributed by atoms with van der Waals surface area (Å²) in [5.74, 6) is -0.281. The number of carbonyl (C=O) groups is 1. The first-order valence-corrected chi connectivity index (χ1v) is 5.62. The van der Waals surface area contributed by atoms with E-state index in [0.717, 1.165) is 32.0 Å². The van der Waals surface area contributed by atoms with Crippen molar-refractivity contribution < 1.29 is 14.3 Å². The number of esters is 1. The largest absolute Gasteiger partial charge is 0.457 e. The molecule has 0 saturated carbocycles. The summed E-state index contributed by atoms with van der Waals surface area (Å²) in [7, 11) is 0. The Morgan fingerprint density at radius 1 is 1.31 bits per heavy atom. The fourth-order valence-electron chi connectivity index (χ4n) is 1.51. The van der Waals surface area contributed by atoms with E-state index < -0.39 is 5.60 Å². The molecule has 0 aliphatic carbocycles. The lowest BCUT2D eigenvalue weighted by Crippen LogP contribution is -2.35. The van der Waals surface area contributed by atoms with Crippen LogP contribution in [0.15, 0.2) is 11.8 Å². The molecule has 1 rings (SSSR count). The van der Waals surface area contributed by atoms with E-state index in [1.54, 1.807) is 6.08 Å². The molecule has 0 unspecified atom stereocenters. The fraction of sp³-hybridized carbons (Fsp3) is 0.750. The molecule has 0 N–H and O–H groups in total. The summed E-state index contributed by atoms with van der Waals surface area (Å²) in [6.45, 7) is 10.6. The molecule has 4 nitrogen and oxygen atoms in total. The number of allylic oxidation sites excluding steroid dienone is 1. The first-order chi connectivity index (χ1) is 7.38. The molecule has 1 aliphatic heterocycles. The van der Waals surface area contributed by atoms with Gasteiger partial charge in [0.1, 0.15) is 5.60 Å². The van der Waals surface area contributed by atoms with E-state index in [1.165, 1.54) is 0 Å². The number of hydrogen-bond donors (Lipinski definition) is 0. The number of nitrogens with zero attached hydrogens (tertiary/aromatic N) is 1. The Balaban J connectivity index is 2.51. The Morgan fingerprint density at radius 3 is 2.38 bits per heavy atom. The molecule has 0 aromatic carbocycles. The number of morpholine rings is 1. The molecule has 1 saturated heterocycles. The van der Waals surface area contributed by atoms with Crippen LogP contribution in [0.4, 0.5) is 0 Å². The lowest BCUT2D eigenvalue weighted by atomic mass is 10.2. The summed E-state index contributed by atoms with van der Waals surface area (Å²) in [6, 6.07) is 0. The predicted octanol–water partition coefficient (Wildman–Crippen LogP) is 1.56. The lowest BCUT2D eigenvalue weighted by Gasteiger charge is -2.29. The van der Waals surface area contributed by atoms with Gasteiger partial charge in [-0.15, -0.1) is 0 Å². The maximum Gasteiger partial charge on any atom is 0.333 e. The number of hydrogen-bond acceptors (Lipinski definition) is 4. The molecule has 0 atom stereocenters. The molecule has 0 bridgehead atoms. The molecule has 0 spiro atoms. The molecule has 1 heterocycles. The molecular weight excluding hydrogens is 206 g/mol. The zero-order valence-corrected chi connectivity index (χ0v) is 10.6. The van der Waals surface area contributed by atoms with Gasteiger partial charge in [0.25, 0.3) is 0 Å². The van der Waals surface area contributed by atoms with Crippen LogP contribution in [-0.4, -0.2) is 42.8 Å². The smallest absolute Gasteiger partial charge is 0.333 e. The molecule has 16 heavy (non-hydrogen) atoms. The Labute approximate surface area is 97.2 Å². The average molecular weight is 227 g/mol. The van der Waals surface area contributed by atoms with Crippen molar-refractivity contribution in [1.82, 2.24) is 4.90 Å². The van der Waals surface area contributed by atoms with Gasteiger partial charge < -0.3 is 14.4 Å². The van der Waals surface area contributed by atoms with Crippen molar-refractivity contribution in [2.75, 3.05) is 26.3 Å². The van der Waals surface area contributed by atoms with Gasteiger partial charge in [-0.05, 0) is 27.7 Å². The second kappa shape index (κ2) is 5.34. The monoisotopic (exact) mass is 227 g/mol. The van der Waals surface area contributed by atoms with Gasteiger partial charge in [0.15, 0.2) is 0 Å². The third-order valence-electron chi connectivity index (χ3n) is 2.24. The van der Waals surface area contributed by atoms with Crippen molar-refractivity contribution in [3.05, 3.63) is 11.8 Å². The van der Waals surface area contributed by atoms with E-state index in [0.29, 0.717) is 0 Å².